The number of aliphatic hydroxyl groups excluding tert-OH is 1. The topological polar surface area (TPSA) is 78.3 Å². The summed E-state index contributed by atoms with van der Waals surface area (Å²) >= 11 is 0. The van der Waals surface area contributed by atoms with Gasteiger partial charge in [-0.05, 0) is 58.8 Å². The summed E-state index contributed by atoms with van der Waals surface area (Å²) in [7, 11) is -2.39. The maximum absolute atomic E-state index is 13.5. The molecule has 0 fully saturated rings. The average molecular weight is 397 g/mol. The quantitative estimate of drug-likeness (QED) is 0.535. The lowest BCUT2D eigenvalue weighted by atomic mass is 9.90. The van der Waals surface area contributed by atoms with E-state index in [4.69, 9.17) is 0 Å². The summed E-state index contributed by atoms with van der Waals surface area (Å²) < 4.78 is 30.3. The van der Waals surface area contributed by atoms with Gasteiger partial charge in [-0.3, -0.25) is 5.10 Å². The lowest BCUT2D eigenvalue weighted by Crippen LogP contribution is -1.97. The van der Waals surface area contributed by atoms with Gasteiger partial charge in [0.2, 0.25) is 0 Å². The van der Waals surface area contributed by atoms with Crippen LogP contribution in [0.5, 0.6) is 0 Å². The van der Waals surface area contributed by atoms with Gasteiger partial charge in [0.25, 0.3) is 0 Å². The summed E-state index contributed by atoms with van der Waals surface area (Å²) in [4.78, 5) is 0. The van der Waals surface area contributed by atoms with Crippen LogP contribution in [0.15, 0.2) is 53.0 Å². The van der Waals surface area contributed by atoms with Crippen molar-refractivity contribution in [1.29, 1.82) is 0 Å². The first-order chi connectivity index (χ1) is 13.4. The third kappa shape index (κ3) is 3.50. The van der Waals surface area contributed by atoms with Crippen LogP contribution >= 0.6 is 0 Å². The van der Waals surface area contributed by atoms with Gasteiger partial charge in [-0.2, -0.15) is 9.46 Å². The van der Waals surface area contributed by atoms with E-state index in [-0.39, 0.29) is 12.4 Å². The molecule has 4 aromatic rings. The number of hydrogen-bond donors (Lipinski definition) is 2. The van der Waals surface area contributed by atoms with E-state index in [1.807, 2.05) is 18.2 Å². The molecule has 0 saturated carbocycles. The Morgan fingerprint density at radius 1 is 1.14 bits per heavy atom. The molecule has 0 aliphatic heterocycles. The van der Waals surface area contributed by atoms with E-state index >= 15 is 0 Å². The summed E-state index contributed by atoms with van der Waals surface area (Å²) in [5.74, 6) is -0.308. The second-order valence-electron chi connectivity index (χ2n) is 7.04. The highest BCUT2D eigenvalue weighted by atomic mass is 32.2. The van der Waals surface area contributed by atoms with Crippen LogP contribution in [0.4, 0.5) is 10.1 Å². The van der Waals surface area contributed by atoms with Crippen molar-refractivity contribution in [3.8, 4) is 11.1 Å². The molecule has 0 unspecified atom stereocenters. The van der Waals surface area contributed by atoms with Crippen molar-refractivity contribution in [2.24, 2.45) is 4.36 Å². The monoisotopic (exact) mass is 397 g/mol. The molecular formula is C21H20FN3O2S. The summed E-state index contributed by atoms with van der Waals surface area (Å²) in [5, 5.41) is 19.3. The fourth-order valence-corrected chi connectivity index (χ4v) is 4.11. The molecule has 0 saturated heterocycles. The predicted molar refractivity (Wildman–Crippen MR) is 112 cm³/mol. The SMILES string of the molecule is CS(C)(=O)=Nc1cc(CCO)c(-c2ccc(F)cc2)c2cc3cn[nH]c3cc12. The van der Waals surface area contributed by atoms with Gasteiger partial charge in [0.15, 0.2) is 0 Å². The van der Waals surface area contributed by atoms with Gasteiger partial charge >= 0.3 is 0 Å². The zero-order chi connectivity index (χ0) is 19.9. The minimum absolute atomic E-state index is 0.0410. The van der Waals surface area contributed by atoms with Gasteiger partial charge in [0.05, 0.1) is 17.4 Å². The number of halogens is 1. The van der Waals surface area contributed by atoms with Gasteiger partial charge in [-0.15, -0.1) is 0 Å². The molecule has 1 heterocycles. The van der Waals surface area contributed by atoms with E-state index in [0.29, 0.717) is 12.1 Å². The Balaban J connectivity index is 2.17. The normalized spacial score (nSPS) is 12.0. The van der Waals surface area contributed by atoms with E-state index in [0.717, 1.165) is 38.4 Å². The molecule has 0 atom stereocenters. The molecule has 0 bridgehead atoms. The Morgan fingerprint density at radius 2 is 1.89 bits per heavy atom. The van der Waals surface area contributed by atoms with Crippen molar-refractivity contribution < 1.29 is 13.7 Å². The van der Waals surface area contributed by atoms with Crippen LogP contribution in [0.25, 0.3) is 32.8 Å². The number of hydrogen-bond acceptors (Lipinski definition) is 4. The minimum Gasteiger partial charge on any atom is -0.396 e. The zero-order valence-corrected chi connectivity index (χ0v) is 16.4. The lowest BCUT2D eigenvalue weighted by Gasteiger charge is -2.16. The van der Waals surface area contributed by atoms with Gasteiger partial charge in [0, 0.05) is 39.6 Å². The van der Waals surface area contributed by atoms with Gasteiger partial charge in [-0.25, -0.2) is 8.60 Å². The molecule has 0 radical (unpaired) electrons. The van der Waals surface area contributed by atoms with Crippen molar-refractivity contribution in [3.05, 3.63) is 60.0 Å². The molecule has 0 amide bonds. The number of aliphatic hydroxyl groups is 1. The molecule has 28 heavy (non-hydrogen) atoms. The van der Waals surface area contributed by atoms with Gasteiger partial charge in [-0.1, -0.05) is 12.1 Å². The van der Waals surface area contributed by atoms with Crippen molar-refractivity contribution in [2.45, 2.75) is 6.42 Å². The number of nitrogens with one attached hydrogen (secondary N) is 1. The molecule has 0 aliphatic carbocycles. The largest absolute Gasteiger partial charge is 0.396 e. The number of aromatic amines is 1. The predicted octanol–water partition coefficient (Wildman–Crippen LogP) is 4.42. The van der Waals surface area contributed by atoms with E-state index in [1.54, 1.807) is 30.8 Å². The van der Waals surface area contributed by atoms with Crippen LogP contribution in [-0.4, -0.2) is 38.6 Å². The van der Waals surface area contributed by atoms with Gasteiger partial charge < -0.3 is 5.11 Å². The van der Waals surface area contributed by atoms with Crippen LogP contribution in [-0.2, 0) is 16.1 Å². The summed E-state index contributed by atoms with van der Waals surface area (Å²) in [6, 6.07) is 12.1. The highest BCUT2D eigenvalue weighted by Crippen LogP contribution is 2.40. The molecular weight excluding hydrogens is 377 g/mol. The standard InChI is InChI=1S/C21H20FN3O2S/c1-28(2,27)25-20-10-14(7-8-26)21(13-3-5-16(22)6-4-13)18-9-15-12-23-24-19(15)11-17(18)20/h3-6,9-12,26H,7-8H2,1-2H3,(H,23,24). The van der Waals surface area contributed by atoms with E-state index < -0.39 is 9.73 Å². The van der Waals surface area contributed by atoms with Crippen LogP contribution in [0.1, 0.15) is 5.56 Å². The number of benzene rings is 3. The molecule has 5 nitrogen and oxygen atoms in total. The third-order valence-electron chi connectivity index (χ3n) is 4.59. The van der Waals surface area contributed by atoms with Crippen molar-refractivity contribution in [2.75, 3.05) is 19.1 Å². The number of aromatic nitrogens is 2. The Morgan fingerprint density at radius 3 is 2.57 bits per heavy atom. The van der Waals surface area contributed by atoms with Crippen molar-refractivity contribution in [3.63, 3.8) is 0 Å². The Kier molecular flexibility index (Phi) is 4.64. The highest BCUT2D eigenvalue weighted by Gasteiger charge is 2.16. The Bertz CT molecular complexity index is 1290. The maximum Gasteiger partial charge on any atom is 0.123 e. The molecule has 7 heteroatoms. The number of fused-ring (bicyclic) bond motifs is 2. The van der Waals surface area contributed by atoms with Crippen molar-refractivity contribution >= 4 is 37.1 Å². The molecule has 0 spiro atoms. The Hall–Kier alpha value is -2.77. The first-order valence-electron chi connectivity index (χ1n) is 8.82. The summed E-state index contributed by atoms with van der Waals surface area (Å²) in [5.41, 5.74) is 4.08. The van der Waals surface area contributed by atoms with Crippen LogP contribution in [0, 0.1) is 5.82 Å². The first kappa shape index (κ1) is 18.6. The maximum atomic E-state index is 13.5. The van der Waals surface area contributed by atoms with Crippen molar-refractivity contribution in [1.82, 2.24) is 10.2 Å². The third-order valence-corrected chi connectivity index (χ3v) is 5.22. The number of nitrogens with zero attached hydrogens (tertiary/aromatic N) is 2. The molecule has 2 N–H and O–H groups in total. The second-order valence-corrected chi connectivity index (χ2v) is 9.58. The number of H-pyrrole nitrogens is 1. The van der Waals surface area contributed by atoms with Gasteiger partial charge in [0.1, 0.15) is 5.82 Å². The molecule has 1 aromatic heterocycles. The van der Waals surface area contributed by atoms with E-state index in [9.17, 15) is 13.7 Å². The lowest BCUT2D eigenvalue weighted by molar-refractivity contribution is 0.300. The van der Waals surface area contributed by atoms with E-state index in [1.165, 1.54) is 12.1 Å². The van der Waals surface area contributed by atoms with Crippen LogP contribution in [0.3, 0.4) is 0 Å². The fourth-order valence-electron chi connectivity index (χ4n) is 3.49. The zero-order valence-electron chi connectivity index (χ0n) is 15.6. The fraction of sp³-hybridized carbons (Fsp3) is 0.190. The second kappa shape index (κ2) is 7.00. The molecule has 0 aliphatic rings. The molecule has 144 valence electrons. The van der Waals surface area contributed by atoms with Crippen LogP contribution < -0.4 is 0 Å². The Labute approximate surface area is 162 Å². The molecule has 4 rings (SSSR count). The van der Waals surface area contributed by atoms with E-state index in [2.05, 4.69) is 14.6 Å². The first-order valence-corrected chi connectivity index (χ1v) is 11.2. The number of rotatable bonds is 4. The van der Waals surface area contributed by atoms with Crippen LogP contribution in [0.2, 0.25) is 0 Å². The summed E-state index contributed by atoms with van der Waals surface area (Å²) in [6.45, 7) is -0.0410. The highest BCUT2D eigenvalue weighted by molar-refractivity contribution is 7.92. The molecule has 3 aromatic carbocycles. The summed E-state index contributed by atoms with van der Waals surface area (Å²) in [6.07, 6.45) is 5.32. The average Bonchev–Trinajstić information content (AvgIpc) is 3.08. The smallest absolute Gasteiger partial charge is 0.123 e. The minimum atomic E-state index is -2.39.